The lowest BCUT2D eigenvalue weighted by Crippen LogP contribution is -2.35. The number of rotatable bonds is 2. The lowest BCUT2D eigenvalue weighted by Gasteiger charge is -2.31. The molecule has 1 saturated carbocycles. The molecule has 86 valence electrons. The molecule has 0 saturated heterocycles. The van der Waals surface area contributed by atoms with E-state index in [0.717, 1.165) is 18.6 Å². The van der Waals surface area contributed by atoms with Crippen molar-refractivity contribution in [2.45, 2.75) is 12.8 Å². The van der Waals surface area contributed by atoms with Crippen LogP contribution in [0.5, 0.6) is 0 Å². The molecular formula is C14H14N2O. The zero-order valence-electron chi connectivity index (χ0n) is 9.47. The Morgan fingerprint density at radius 1 is 1.29 bits per heavy atom. The summed E-state index contributed by atoms with van der Waals surface area (Å²) in [5.74, 6) is 1.08. The van der Waals surface area contributed by atoms with Gasteiger partial charge in [-0.2, -0.15) is 5.10 Å². The Kier molecular flexibility index (Phi) is 2.52. The van der Waals surface area contributed by atoms with Crippen molar-refractivity contribution in [3.05, 3.63) is 48.0 Å². The summed E-state index contributed by atoms with van der Waals surface area (Å²) in [4.78, 5) is 11.7. The topological polar surface area (TPSA) is 41.5 Å². The van der Waals surface area contributed by atoms with E-state index in [1.54, 1.807) is 12.1 Å². The Hall–Kier alpha value is -1.90. The van der Waals surface area contributed by atoms with Crippen LogP contribution in [-0.2, 0) is 0 Å². The monoisotopic (exact) mass is 226 g/mol. The summed E-state index contributed by atoms with van der Waals surface area (Å²) in [6.45, 7) is 0. The van der Waals surface area contributed by atoms with E-state index < -0.39 is 0 Å². The minimum absolute atomic E-state index is 0.132. The molecule has 1 fully saturated rings. The van der Waals surface area contributed by atoms with Crippen LogP contribution in [0.4, 0.5) is 0 Å². The van der Waals surface area contributed by atoms with Crippen LogP contribution in [-0.4, -0.2) is 11.6 Å². The van der Waals surface area contributed by atoms with Crippen molar-refractivity contribution in [3.8, 4) is 0 Å². The average molecular weight is 226 g/mol. The molecule has 0 bridgehead atoms. The minimum atomic E-state index is -0.132. The van der Waals surface area contributed by atoms with Gasteiger partial charge in [0.1, 0.15) is 0 Å². The summed E-state index contributed by atoms with van der Waals surface area (Å²) in [6.07, 6.45) is 6.53. The number of amides is 1. The summed E-state index contributed by atoms with van der Waals surface area (Å²) < 4.78 is 0. The van der Waals surface area contributed by atoms with E-state index >= 15 is 0 Å². The highest BCUT2D eigenvalue weighted by atomic mass is 16.2. The average Bonchev–Trinajstić information content (AvgIpc) is 2.72. The molecule has 0 spiro atoms. The first-order chi connectivity index (χ1) is 8.34. The summed E-state index contributed by atoms with van der Waals surface area (Å²) in [5, 5.41) is 4.23. The molecule has 2 aliphatic carbocycles. The Bertz CT molecular complexity index is 490. The number of fused-ring (bicyclic) bond motifs is 1. The number of hydrazone groups is 1. The molecule has 1 aromatic carbocycles. The van der Waals surface area contributed by atoms with Crippen LogP contribution in [0.1, 0.15) is 23.2 Å². The van der Waals surface area contributed by atoms with E-state index in [9.17, 15) is 4.79 Å². The summed E-state index contributed by atoms with van der Waals surface area (Å²) in [7, 11) is 0. The molecule has 0 radical (unpaired) electrons. The van der Waals surface area contributed by atoms with Crippen LogP contribution < -0.4 is 5.43 Å². The van der Waals surface area contributed by atoms with Crippen molar-refractivity contribution >= 4 is 11.6 Å². The standard InChI is InChI=1S/C14H14N2O/c17-14(10-5-2-1-3-6-10)16-15-13-9-11-7-4-8-12(11)13/h1-7,11-12H,8-9H2,(H,16,17)/b15-13-/t11-,12+/m1/s1. The number of nitrogens with one attached hydrogen (secondary N) is 1. The van der Waals surface area contributed by atoms with Crippen LogP contribution in [0.25, 0.3) is 0 Å². The quantitative estimate of drug-likeness (QED) is 0.610. The predicted octanol–water partition coefficient (Wildman–Crippen LogP) is 2.37. The predicted molar refractivity (Wildman–Crippen MR) is 66.7 cm³/mol. The number of benzene rings is 1. The zero-order valence-corrected chi connectivity index (χ0v) is 9.47. The Morgan fingerprint density at radius 2 is 2.12 bits per heavy atom. The molecule has 0 aliphatic heterocycles. The lowest BCUT2D eigenvalue weighted by molar-refractivity contribution is 0.0954. The normalized spacial score (nSPS) is 27.6. The molecule has 1 amide bonds. The first kappa shape index (κ1) is 10.3. The van der Waals surface area contributed by atoms with Crippen molar-refractivity contribution in [2.75, 3.05) is 0 Å². The van der Waals surface area contributed by atoms with Gasteiger partial charge < -0.3 is 0 Å². The molecule has 3 nitrogen and oxygen atoms in total. The number of hydrogen-bond donors (Lipinski definition) is 1. The Labute approximate surface area is 100 Å². The second-order valence-electron chi connectivity index (χ2n) is 4.55. The number of nitrogens with zero attached hydrogens (tertiary/aromatic N) is 1. The van der Waals surface area contributed by atoms with Crippen molar-refractivity contribution in [2.24, 2.45) is 16.9 Å². The molecule has 2 atom stereocenters. The smallest absolute Gasteiger partial charge is 0.267 e. The highest BCUT2D eigenvalue weighted by Gasteiger charge is 2.37. The third-order valence-corrected chi connectivity index (χ3v) is 3.50. The molecule has 1 aromatic rings. The SMILES string of the molecule is O=C(N/N=C1/C[C@H]2C=CC[C@H]12)c1ccccc1. The van der Waals surface area contributed by atoms with E-state index in [1.807, 2.05) is 18.2 Å². The Morgan fingerprint density at radius 3 is 2.88 bits per heavy atom. The van der Waals surface area contributed by atoms with Gasteiger partial charge in [0.05, 0.1) is 0 Å². The van der Waals surface area contributed by atoms with Crippen molar-refractivity contribution < 1.29 is 4.79 Å². The first-order valence-corrected chi connectivity index (χ1v) is 5.93. The zero-order chi connectivity index (χ0) is 11.7. The number of allylic oxidation sites excluding steroid dienone is 2. The van der Waals surface area contributed by atoms with Gasteiger partial charge in [0, 0.05) is 17.2 Å². The molecule has 2 aliphatic rings. The van der Waals surface area contributed by atoms with Crippen molar-refractivity contribution in [1.82, 2.24) is 5.43 Å². The van der Waals surface area contributed by atoms with Gasteiger partial charge in [-0.1, -0.05) is 30.4 Å². The largest absolute Gasteiger partial charge is 0.271 e. The highest BCUT2D eigenvalue weighted by Crippen LogP contribution is 2.39. The van der Waals surface area contributed by atoms with Crippen molar-refractivity contribution in [1.29, 1.82) is 0 Å². The van der Waals surface area contributed by atoms with E-state index in [-0.39, 0.29) is 5.91 Å². The fourth-order valence-electron chi connectivity index (χ4n) is 2.44. The van der Waals surface area contributed by atoms with E-state index in [1.165, 1.54) is 0 Å². The molecule has 0 aromatic heterocycles. The van der Waals surface area contributed by atoms with E-state index in [0.29, 0.717) is 17.4 Å². The van der Waals surface area contributed by atoms with Gasteiger partial charge in [-0.25, -0.2) is 5.43 Å². The minimum Gasteiger partial charge on any atom is -0.267 e. The van der Waals surface area contributed by atoms with Gasteiger partial charge in [0.15, 0.2) is 0 Å². The van der Waals surface area contributed by atoms with E-state index in [4.69, 9.17) is 0 Å². The van der Waals surface area contributed by atoms with Gasteiger partial charge in [-0.3, -0.25) is 4.79 Å². The number of carbonyl (C=O) groups excluding carboxylic acids is 1. The second kappa shape index (κ2) is 4.17. The van der Waals surface area contributed by atoms with Gasteiger partial charge >= 0.3 is 0 Å². The molecule has 0 unspecified atom stereocenters. The lowest BCUT2D eigenvalue weighted by atomic mass is 9.74. The third kappa shape index (κ3) is 1.88. The molecule has 3 heteroatoms. The van der Waals surface area contributed by atoms with Crippen molar-refractivity contribution in [3.63, 3.8) is 0 Å². The van der Waals surface area contributed by atoms with Crippen LogP contribution in [0, 0.1) is 11.8 Å². The second-order valence-corrected chi connectivity index (χ2v) is 4.55. The van der Waals surface area contributed by atoms with Crippen LogP contribution in [0.3, 0.4) is 0 Å². The third-order valence-electron chi connectivity index (χ3n) is 3.50. The highest BCUT2D eigenvalue weighted by molar-refractivity contribution is 5.98. The summed E-state index contributed by atoms with van der Waals surface area (Å²) in [6, 6.07) is 9.17. The maximum atomic E-state index is 11.7. The van der Waals surface area contributed by atoms with Gasteiger partial charge in [0.2, 0.25) is 0 Å². The molecule has 0 heterocycles. The molecule has 3 rings (SSSR count). The van der Waals surface area contributed by atoms with Crippen LogP contribution in [0.2, 0.25) is 0 Å². The fourth-order valence-corrected chi connectivity index (χ4v) is 2.44. The van der Waals surface area contributed by atoms with Crippen LogP contribution in [0.15, 0.2) is 47.6 Å². The van der Waals surface area contributed by atoms with Gasteiger partial charge in [0.25, 0.3) is 5.91 Å². The molecule has 1 N–H and O–H groups in total. The van der Waals surface area contributed by atoms with Gasteiger partial charge in [-0.15, -0.1) is 0 Å². The van der Waals surface area contributed by atoms with E-state index in [2.05, 4.69) is 22.7 Å². The number of hydrogen-bond acceptors (Lipinski definition) is 2. The summed E-state index contributed by atoms with van der Waals surface area (Å²) in [5.41, 5.74) is 4.41. The van der Waals surface area contributed by atoms with Gasteiger partial charge in [-0.05, 0) is 30.9 Å². The molecular weight excluding hydrogens is 212 g/mol. The maximum absolute atomic E-state index is 11.7. The maximum Gasteiger partial charge on any atom is 0.271 e. The summed E-state index contributed by atoms with van der Waals surface area (Å²) >= 11 is 0. The fraction of sp³-hybridized carbons (Fsp3) is 0.286. The van der Waals surface area contributed by atoms with Crippen LogP contribution >= 0.6 is 0 Å². The molecule has 17 heavy (non-hydrogen) atoms. The number of carbonyl (C=O) groups is 1. The first-order valence-electron chi connectivity index (χ1n) is 5.93. The Balaban J connectivity index is 1.62.